The lowest BCUT2D eigenvalue weighted by atomic mass is 10.3. The molecule has 2 rings (SSSR count). The van der Waals surface area contributed by atoms with E-state index in [1.54, 1.807) is 6.92 Å². The first-order valence-electron chi connectivity index (χ1n) is 6.04. The summed E-state index contributed by atoms with van der Waals surface area (Å²) in [5, 5.41) is 2.64. The van der Waals surface area contributed by atoms with Gasteiger partial charge in [-0.3, -0.25) is 0 Å². The maximum atomic E-state index is 13.1. The van der Waals surface area contributed by atoms with Crippen molar-refractivity contribution >= 4 is 11.6 Å². The molecule has 1 saturated heterocycles. The molecule has 9 heteroatoms. The molecule has 0 radical (unpaired) electrons. The average Bonchev–Trinajstić information content (AvgIpc) is 2.69. The van der Waals surface area contributed by atoms with Crippen LogP contribution in [-0.2, 0) is 6.18 Å². The molecule has 0 amide bonds. The number of alkyl halides is 5. The van der Waals surface area contributed by atoms with Crippen molar-refractivity contribution in [2.75, 3.05) is 29.9 Å². The molecule has 0 aromatic carbocycles. The van der Waals surface area contributed by atoms with Crippen molar-refractivity contribution < 1.29 is 22.0 Å². The Labute approximate surface area is 112 Å². The predicted octanol–water partition coefficient (Wildman–Crippen LogP) is 2.77. The quantitative estimate of drug-likeness (QED) is 0.871. The van der Waals surface area contributed by atoms with E-state index in [2.05, 4.69) is 15.3 Å². The zero-order valence-electron chi connectivity index (χ0n) is 10.6. The highest BCUT2D eigenvalue weighted by atomic mass is 19.4. The molecule has 1 aliphatic heterocycles. The third-order valence-electron chi connectivity index (χ3n) is 2.82. The van der Waals surface area contributed by atoms with E-state index in [4.69, 9.17) is 0 Å². The zero-order chi connectivity index (χ0) is 15.0. The summed E-state index contributed by atoms with van der Waals surface area (Å²) in [6.45, 7) is 1.39. The van der Waals surface area contributed by atoms with Crippen molar-refractivity contribution in [3.63, 3.8) is 0 Å². The molecule has 1 aromatic rings. The van der Waals surface area contributed by atoms with Crippen LogP contribution in [0.15, 0.2) is 6.07 Å². The van der Waals surface area contributed by atoms with Gasteiger partial charge in [-0.1, -0.05) is 0 Å². The third-order valence-corrected chi connectivity index (χ3v) is 2.82. The van der Waals surface area contributed by atoms with Crippen LogP contribution in [0.2, 0.25) is 0 Å². The number of rotatable bonds is 3. The van der Waals surface area contributed by atoms with E-state index in [0.717, 1.165) is 4.90 Å². The first-order valence-corrected chi connectivity index (χ1v) is 6.04. The minimum atomic E-state index is -4.72. The van der Waals surface area contributed by atoms with Crippen LogP contribution in [0.3, 0.4) is 0 Å². The van der Waals surface area contributed by atoms with Crippen molar-refractivity contribution in [2.24, 2.45) is 0 Å². The Morgan fingerprint density at radius 3 is 2.55 bits per heavy atom. The second-order valence-corrected chi connectivity index (χ2v) is 4.49. The van der Waals surface area contributed by atoms with Crippen LogP contribution in [-0.4, -0.2) is 35.5 Å². The molecule has 0 spiro atoms. The van der Waals surface area contributed by atoms with Gasteiger partial charge in [-0.05, 0) is 6.92 Å². The van der Waals surface area contributed by atoms with Crippen molar-refractivity contribution in [1.82, 2.24) is 9.97 Å². The molecule has 0 aliphatic carbocycles. The van der Waals surface area contributed by atoms with Gasteiger partial charge in [0.15, 0.2) is 0 Å². The summed E-state index contributed by atoms with van der Waals surface area (Å²) in [6, 6.07) is 1.25. The molecule has 0 unspecified atom stereocenters. The SMILES string of the molecule is CCNc1cc(N2CCC(F)(F)C2)nc(C(F)(F)F)n1. The van der Waals surface area contributed by atoms with E-state index in [1.165, 1.54) is 6.07 Å². The summed E-state index contributed by atoms with van der Waals surface area (Å²) in [6.07, 6.45) is -5.11. The lowest BCUT2D eigenvalue weighted by Gasteiger charge is -2.19. The van der Waals surface area contributed by atoms with Gasteiger partial charge >= 0.3 is 6.18 Å². The molecule has 0 atom stereocenters. The molecular formula is C11H13F5N4. The van der Waals surface area contributed by atoms with Gasteiger partial charge in [0.05, 0.1) is 6.54 Å². The van der Waals surface area contributed by atoms with Crippen LogP contribution >= 0.6 is 0 Å². The number of nitrogens with one attached hydrogen (secondary N) is 1. The smallest absolute Gasteiger partial charge is 0.370 e. The van der Waals surface area contributed by atoms with E-state index in [9.17, 15) is 22.0 Å². The maximum absolute atomic E-state index is 13.1. The Bertz CT molecular complexity index is 488. The predicted molar refractivity (Wildman–Crippen MR) is 63.0 cm³/mol. The van der Waals surface area contributed by atoms with E-state index in [0.29, 0.717) is 6.54 Å². The second-order valence-electron chi connectivity index (χ2n) is 4.49. The Kier molecular flexibility index (Phi) is 3.70. The van der Waals surface area contributed by atoms with Gasteiger partial charge in [-0.25, -0.2) is 18.7 Å². The van der Waals surface area contributed by atoms with E-state index in [-0.39, 0.29) is 18.2 Å². The second kappa shape index (κ2) is 5.02. The molecular weight excluding hydrogens is 283 g/mol. The molecule has 2 heterocycles. The van der Waals surface area contributed by atoms with Gasteiger partial charge in [0.1, 0.15) is 11.6 Å². The highest BCUT2D eigenvalue weighted by molar-refractivity contribution is 5.50. The van der Waals surface area contributed by atoms with E-state index in [1.807, 2.05) is 0 Å². The van der Waals surface area contributed by atoms with Crippen LogP contribution in [0.4, 0.5) is 33.6 Å². The number of hydrogen-bond donors (Lipinski definition) is 1. The Morgan fingerprint density at radius 1 is 1.35 bits per heavy atom. The number of hydrogen-bond acceptors (Lipinski definition) is 4. The molecule has 0 saturated carbocycles. The minimum absolute atomic E-state index is 0.0277. The summed E-state index contributed by atoms with van der Waals surface area (Å²) in [5.41, 5.74) is 0. The standard InChI is InChI=1S/C11H13F5N4/c1-2-17-7-5-8(19-9(18-7)11(14,15)16)20-4-3-10(12,13)6-20/h5H,2-4,6H2,1H3,(H,17,18,19). The molecule has 1 fully saturated rings. The molecule has 20 heavy (non-hydrogen) atoms. The number of nitrogens with zero attached hydrogens (tertiary/aromatic N) is 3. The summed E-state index contributed by atoms with van der Waals surface area (Å²) >= 11 is 0. The van der Waals surface area contributed by atoms with Crippen molar-refractivity contribution in [2.45, 2.75) is 25.4 Å². The molecule has 1 aliphatic rings. The molecule has 1 aromatic heterocycles. The van der Waals surface area contributed by atoms with Crippen LogP contribution in [0.1, 0.15) is 19.2 Å². The maximum Gasteiger partial charge on any atom is 0.451 e. The van der Waals surface area contributed by atoms with Crippen LogP contribution in [0.5, 0.6) is 0 Å². The van der Waals surface area contributed by atoms with Gasteiger partial charge in [0, 0.05) is 25.6 Å². The monoisotopic (exact) mass is 296 g/mol. The largest absolute Gasteiger partial charge is 0.451 e. The van der Waals surface area contributed by atoms with Crippen molar-refractivity contribution in [3.05, 3.63) is 11.9 Å². The van der Waals surface area contributed by atoms with Crippen LogP contribution < -0.4 is 10.2 Å². The lowest BCUT2D eigenvalue weighted by Crippen LogP contribution is -2.27. The lowest BCUT2D eigenvalue weighted by molar-refractivity contribution is -0.144. The topological polar surface area (TPSA) is 41.0 Å². The van der Waals surface area contributed by atoms with Crippen molar-refractivity contribution in [1.29, 1.82) is 0 Å². The van der Waals surface area contributed by atoms with Crippen LogP contribution in [0, 0.1) is 0 Å². The van der Waals surface area contributed by atoms with Gasteiger partial charge in [0.25, 0.3) is 5.92 Å². The van der Waals surface area contributed by atoms with E-state index < -0.39 is 30.9 Å². The Hall–Kier alpha value is -1.67. The zero-order valence-corrected chi connectivity index (χ0v) is 10.6. The van der Waals surface area contributed by atoms with Gasteiger partial charge < -0.3 is 10.2 Å². The first kappa shape index (κ1) is 14.7. The normalized spacial score (nSPS) is 18.4. The third kappa shape index (κ3) is 3.26. The number of halogens is 5. The molecule has 0 bridgehead atoms. The fourth-order valence-corrected chi connectivity index (χ4v) is 1.93. The minimum Gasteiger partial charge on any atom is -0.370 e. The fourth-order valence-electron chi connectivity index (χ4n) is 1.93. The van der Waals surface area contributed by atoms with Gasteiger partial charge in [0.2, 0.25) is 5.82 Å². The molecule has 1 N–H and O–H groups in total. The number of anilines is 2. The van der Waals surface area contributed by atoms with Crippen molar-refractivity contribution in [3.8, 4) is 0 Å². The summed E-state index contributed by atoms with van der Waals surface area (Å²) < 4.78 is 64.4. The Balaban J connectivity index is 2.35. The van der Waals surface area contributed by atoms with Crippen LogP contribution in [0.25, 0.3) is 0 Å². The van der Waals surface area contributed by atoms with E-state index >= 15 is 0 Å². The van der Waals surface area contributed by atoms with Gasteiger partial charge in [-0.2, -0.15) is 13.2 Å². The fraction of sp³-hybridized carbons (Fsp3) is 0.636. The number of aromatic nitrogens is 2. The molecule has 112 valence electrons. The Morgan fingerprint density at radius 2 is 2.05 bits per heavy atom. The molecule has 4 nitrogen and oxygen atoms in total. The average molecular weight is 296 g/mol. The van der Waals surface area contributed by atoms with Gasteiger partial charge in [-0.15, -0.1) is 0 Å². The first-order chi connectivity index (χ1) is 9.21. The summed E-state index contributed by atoms with van der Waals surface area (Å²) in [7, 11) is 0. The highest BCUT2D eigenvalue weighted by Crippen LogP contribution is 2.33. The summed E-state index contributed by atoms with van der Waals surface area (Å²) in [5.74, 6) is -4.40. The highest BCUT2D eigenvalue weighted by Gasteiger charge is 2.40. The summed E-state index contributed by atoms with van der Waals surface area (Å²) in [4.78, 5) is 7.83.